The Morgan fingerprint density at radius 1 is 1.24 bits per heavy atom. The molecule has 0 spiro atoms. The van der Waals surface area contributed by atoms with Gasteiger partial charge in [-0.05, 0) is 17.9 Å². The predicted molar refractivity (Wildman–Crippen MR) is 83.8 cm³/mol. The Labute approximate surface area is 127 Å². The van der Waals surface area contributed by atoms with Gasteiger partial charge in [-0.2, -0.15) is 0 Å². The molecular formula is C17H27NO3. The Morgan fingerprint density at radius 3 is 2.71 bits per heavy atom. The lowest BCUT2D eigenvalue weighted by Gasteiger charge is -2.31. The van der Waals surface area contributed by atoms with E-state index in [1.807, 2.05) is 12.1 Å². The normalized spacial score (nSPS) is 16.4. The van der Waals surface area contributed by atoms with Gasteiger partial charge in [0.2, 0.25) is 0 Å². The summed E-state index contributed by atoms with van der Waals surface area (Å²) in [5.74, 6) is 1.69. The van der Waals surface area contributed by atoms with E-state index in [-0.39, 0.29) is 18.1 Å². The summed E-state index contributed by atoms with van der Waals surface area (Å²) >= 11 is 0. The van der Waals surface area contributed by atoms with Crippen molar-refractivity contribution in [1.82, 2.24) is 5.32 Å². The van der Waals surface area contributed by atoms with E-state index in [9.17, 15) is 5.11 Å². The van der Waals surface area contributed by atoms with Crippen molar-refractivity contribution in [2.75, 3.05) is 19.8 Å². The van der Waals surface area contributed by atoms with Gasteiger partial charge in [0.05, 0.1) is 13.2 Å². The molecule has 2 rings (SSSR count). The molecule has 1 aromatic carbocycles. The molecule has 0 fully saturated rings. The topological polar surface area (TPSA) is 50.7 Å². The van der Waals surface area contributed by atoms with Crippen molar-refractivity contribution < 1.29 is 14.6 Å². The third-order valence-electron chi connectivity index (χ3n) is 3.86. The van der Waals surface area contributed by atoms with Gasteiger partial charge in [-0.25, -0.2) is 0 Å². The lowest BCUT2D eigenvalue weighted by atomic mass is 9.85. The highest BCUT2D eigenvalue weighted by atomic mass is 16.5. The number of benzene rings is 1. The van der Waals surface area contributed by atoms with Gasteiger partial charge in [0.1, 0.15) is 0 Å². The molecule has 0 amide bonds. The van der Waals surface area contributed by atoms with Crippen molar-refractivity contribution >= 4 is 0 Å². The van der Waals surface area contributed by atoms with Crippen molar-refractivity contribution in [1.29, 1.82) is 0 Å². The standard InChI is InChI=1S/C17H27NO3/c1-17(2,3)15(8-9-19)18-12-13-6-4-7-14-16(13)21-11-5-10-20-14/h4,6-7,15,18-19H,5,8-12H2,1-3H3. The van der Waals surface area contributed by atoms with Crippen LogP contribution in [0.15, 0.2) is 18.2 Å². The highest BCUT2D eigenvalue weighted by molar-refractivity contribution is 5.47. The van der Waals surface area contributed by atoms with Gasteiger partial charge in [-0.3, -0.25) is 0 Å². The highest BCUT2D eigenvalue weighted by Crippen LogP contribution is 2.33. The van der Waals surface area contributed by atoms with E-state index in [0.717, 1.165) is 29.9 Å². The van der Waals surface area contributed by atoms with Crippen molar-refractivity contribution in [2.45, 2.75) is 46.2 Å². The van der Waals surface area contributed by atoms with Gasteiger partial charge in [0.15, 0.2) is 11.5 Å². The largest absolute Gasteiger partial charge is 0.490 e. The quantitative estimate of drug-likeness (QED) is 0.876. The van der Waals surface area contributed by atoms with Crippen molar-refractivity contribution in [2.24, 2.45) is 5.41 Å². The van der Waals surface area contributed by atoms with Gasteiger partial charge in [-0.1, -0.05) is 32.9 Å². The minimum Gasteiger partial charge on any atom is -0.490 e. The zero-order chi connectivity index (χ0) is 15.3. The van der Waals surface area contributed by atoms with Crippen LogP contribution in [0.5, 0.6) is 11.5 Å². The molecular weight excluding hydrogens is 266 g/mol. The molecule has 1 aliphatic heterocycles. The molecule has 118 valence electrons. The summed E-state index contributed by atoms with van der Waals surface area (Å²) in [6, 6.07) is 6.28. The summed E-state index contributed by atoms with van der Waals surface area (Å²) in [6.45, 7) is 8.88. The van der Waals surface area contributed by atoms with Crippen molar-refractivity contribution in [3.05, 3.63) is 23.8 Å². The Balaban J connectivity index is 2.09. The Bertz CT molecular complexity index is 454. The molecule has 1 aliphatic rings. The van der Waals surface area contributed by atoms with Crippen LogP contribution in [0.4, 0.5) is 0 Å². The van der Waals surface area contributed by atoms with E-state index in [1.54, 1.807) is 0 Å². The fraction of sp³-hybridized carbons (Fsp3) is 0.647. The van der Waals surface area contributed by atoms with Gasteiger partial charge >= 0.3 is 0 Å². The second-order valence-electron chi connectivity index (χ2n) is 6.61. The minimum absolute atomic E-state index is 0.103. The minimum atomic E-state index is 0.103. The van der Waals surface area contributed by atoms with E-state index in [4.69, 9.17) is 9.47 Å². The zero-order valence-corrected chi connectivity index (χ0v) is 13.3. The average Bonchev–Trinajstić information content (AvgIpc) is 2.67. The van der Waals surface area contributed by atoms with Crippen LogP contribution < -0.4 is 14.8 Å². The van der Waals surface area contributed by atoms with Crippen LogP contribution >= 0.6 is 0 Å². The summed E-state index contributed by atoms with van der Waals surface area (Å²) in [5, 5.41) is 12.8. The van der Waals surface area contributed by atoms with Gasteiger partial charge in [-0.15, -0.1) is 0 Å². The number of aliphatic hydroxyl groups excluding tert-OH is 1. The molecule has 21 heavy (non-hydrogen) atoms. The number of hydrogen-bond acceptors (Lipinski definition) is 4. The maximum atomic E-state index is 9.24. The van der Waals surface area contributed by atoms with Crippen molar-refractivity contribution in [3.8, 4) is 11.5 Å². The molecule has 4 heteroatoms. The van der Waals surface area contributed by atoms with Crippen LogP contribution in [0.3, 0.4) is 0 Å². The molecule has 0 aliphatic carbocycles. The van der Waals surface area contributed by atoms with Crippen LogP contribution in [0.25, 0.3) is 0 Å². The van der Waals surface area contributed by atoms with E-state index in [2.05, 4.69) is 32.2 Å². The van der Waals surface area contributed by atoms with Gasteiger partial charge in [0, 0.05) is 31.2 Å². The predicted octanol–water partition coefficient (Wildman–Crippen LogP) is 2.73. The lowest BCUT2D eigenvalue weighted by molar-refractivity contribution is 0.196. The first-order valence-electron chi connectivity index (χ1n) is 7.74. The smallest absolute Gasteiger partial charge is 0.165 e. The summed E-state index contributed by atoms with van der Waals surface area (Å²) in [6.07, 6.45) is 1.66. The summed E-state index contributed by atoms with van der Waals surface area (Å²) in [7, 11) is 0. The molecule has 0 saturated heterocycles. The fourth-order valence-electron chi connectivity index (χ4n) is 2.60. The summed E-state index contributed by atoms with van der Waals surface area (Å²) < 4.78 is 11.6. The number of para-hydroxylation sites is 1. The highest BCUT2D eigenvalue weighted by Gasteiger charge is 2.24. The lowest BCUT2D eigenvalue weighted by Crippen LogP contribution is -2.40. The Morgan fingerprint density at radius 2 is 2.00 bits per heavy atom. The second kappa shape index (κ2) is 7.14. The average molecular weight is 293 g/mol. The third kappa shape index (κ3) is 4.35. The van der Waals surface area contributed by atoms with Crippen LogP contribution in [0, 0.1) is 5.41 Å². The molecule has 0 aromatic heterocycles. The monoisotopic (exact) mass is 293 g/mol. The maximum absolute atomic E-state index is 9.24. The molecule has 1 aromatic rings. The SMILES string of the molecule is CC(C)(C)C(CCO)NCc1cccc2c1OCCCO2. The first-order valence-corrected chi connectivity index (χ1v) is 7.74. The fourth-order valence-corrected chi connectivity index (χ4v) is 2.60. The number of rotatable bonds is 5. The van der Waals surface area contributed by atoms with E-state index >= 15 is 0 Å². The molecule has 4 nitrogen and oxygen atoms in total. The van der Waals surface area contributed by atoms with E-state index < -0.39 is 0 Å². The first kappa shape index (κ1) is 16.1. The molecule has 1 unspecified atom stereocenters. The van der Waals surface area contributed by atoms with Gasteiger partial charge in [0.25, 0.3) is 0 Å². The molecule has 1 heterocycles. The third-order valence-corrected chi connectivity index (χ3v) is 3.86. The molecule has 0 saturated carbocycles. The van der Waals surface area contributed by atoms with E-state index in [0.29, 0.717) is 19.8 Å². The zero-order valence-electron chi connectivity index (χ0n) is 13.3. The van der Waals surface area contributed by atoms with Crippen molar-refractivity contribution in [3.63, 3.8) is 0 Å². The van der Waals surface area contributed by atoms with Crippen LogP contribution in [0.1, 0.15) is 39.2 Å². The van der Waals surface area contributed by atoms with Crippen LogP contribution in [-0.4, -0.2) is 31.0 Å². The van der Waals surface area contributed by atoms with Gasteiger partial charge < -0.3 is 19.9 Å². The summed E-state index contributed by atoms with van der Waals surface area (Å²) in [4.78, 5) is 0. The van der Waals surface area contributed by atoms with E-state index in [1.165, 1.54) is 0 Å². The molecule has 0 radical (unpaired) electrons. The molecule has 0 bridgehead atoms. The second-order valence-corrected chi connectivity index (χ2v) is 6.61. The maximum Gasteiger partial charge on any atom is 0.165 e. The Kier molecular flexibility index (Phi) is 5.48. The first-order chi connectivity index (χ1) is 10.0. The Hall–Kier alpha value is -1.26. The number of aliphatic hydroxyl groups is 1. The number of fused-ring (bicyclic) bond motifs is 1. The number of nitrogens with one attached hydrogen (secondary N) is 1. The van der Waals surface area contributed by atoms with Crippen LogP contribution in [0.2, 0.25) is 0 Å². The molecule has 2 N–H and O–H groups in total. The number of hydrogen-bond donors (Lipinski definition) is 2. The van der Waals surface area contributed by atoms with Crippen LogP contribution in [-0.2, 0) is 6.54 Å². The number of ether oxygens (including phenoxy) is 2. The summed E-state index contributed by atoms with van der Waals surface area (Å²) in [5.41, 5.74) is 1.22. The molecule has 1 atom stereocenters.